The number of benzene rings is 1. The first-order valence-corrected chi connectivity index (χ1v) is 8.13. The van der Waals surface area contributed by atoms with Crippen LogP contribution in [0.1, 0.15) is 55.7 Å². The Morgan fingerprint density at radius 2 is 2.10 bits per heavy atom. The van der Waals surface area contributed by atoms with Gasteiger partial charge in [0.05, 0.1) is 6.04 Å². The first-order valence-electron chi connectivity index (χ1n) is 8.13. The molecule has 3 heteroatoms. The average Bonchev–Trinajstić information content (AvgIpc) is 2.92. The maximum absolute atomic E-state index is 12.0. The van der Waals surface area contributed by atoms with Crippen molar-refractivity contribution < 1.29 is 4.79 Å². The highest BCUT2D eigenvalue weighted by Crippen LogP contribution is 2.30. The monoisotopic (exact) mass is 284 g/mol. The number of hydrogen-bond donors (Lipinski definition) is 2. The highest BCUT2D eigenvalue weighted by molar-refractivity contribution is 5.74. The van der Waals surface area contributed by atoms with Crippen LogP contribution in [-0.4, -0.2) is 12.6 Å². The Bertz CT molecular complexity index is 536. The van der Waals surface area contributed by atoms with Crippen molar-refractivity contribution in [2.75, 3.05) is 6.54 Å². The van der Waals surface area contributed by atoms with E-state index in [0.29, 0.717) is 0 Å². The van der Waals surface area contributed by atoms with Gasteiger partial charge >= 0.3 is 6.03 Å². The van der Waals surface area contributed by atoms with E-state index in [-0.39, 0.29) is 12.1 Å². The van der Waals surface area contributed by atoms with Crippen LogP contribution in [0.25, 0.3) is 0 Å². The molecule has 21 heavy (non-hydrogen) atoms. The van der Waals surface area contributed by atoms with Gasteiger partial charge in [-0.25, -0.2) is 4.79 Å². The number of hydrogen-bond acceptors (Lipinski definition) is 1. The molecule has 2 amide bonds. The predicted molar refractivity (Wildman–Crippen MR) is 85.2 cm³/mol. The summed E-state index contributed by atoms with van der Waals surface area (Å²) in [5.41, 5.74) is 4.16. The van der Waals surface area contributed by atoms with Crippen molar-refractivity contribution >= 4 is 6.03 Å². The van der Waals surface area contributed by atoms with E-state index >= 15 is 0 Å². The molecule has 0 bridgehead atoms. The summed E-state index contributed by atoms with van der Waals surface area (Å²) >= 11 is 0. The smallest absolute Gasteiger partial charge is 0.315 e. The Hall–Kier alpha value is -1.77. The van der Waals surface area contributed by atoms with Crippen LogP contribution in [0.2, 0.25) is 0 Å². The summed E-state index contributed by atoms with van der Waals surface area (Å²) in [5.74, 6) is 0. The minimum Gasteiger partial charge on any atom is -0.338 e. The fraction of sp³-hybridized carbons (Fsp3) is 0.500. The van der Waals surface area contributed by atoms with Crippen LogP contribution in [0.5, 0.6) is 0 Å². The van der Waals surface area contributed by atoms with E-state index in [2.05, 4.69) is 34.9 Å². The summed E-state index contributed by atoms with van der Waals surface area (Å²) in [6.07, 6.45) is 10.5. The van der Waals surface area contributed by atoms with Crippen LogP contribution in [0.15, 0.2) is 35.9 Å². The molecule has 3 rings (SSSR count). The average molecular weight is 284 g/mol. The summed E-state index contributed by atoms with van der Waals surface area (Å²) in [6, 6.07) is 8.54. The Morgan fingerprint density at radius 3 is 2.95 bits per heavy atom. The molecule has 0 saturated carbocycles. The molecule has 1 unspecified atom stereocenters. The lowest BCUT2D eigenvalue weighted by Gasteiger charge is -2.16. The Kier molecular flexibility index (Phi) is 4.59. The van der Waals surface area contributed by atoms with Crippen LogP contribution in [0, 0.1) is 0 Å². The maximum Gasteiger partial charge on any atom is 0.315 e. The second-order valence-corrected chi connectivity index (χ2v) is 6.05. The van der Waals surface area contributed by atoms with E-state index in [9.17, 15) is 4.79 Å². The summed E-state index contributed by atoms with van der Waals surface area (Å²) in [7, 11) is 0. The second kappa shape index (κ2) is 6.79. The molecule has 0 spiro atoms. The molecule has 1 aromatic carbocycles. The zero-order chi connectivity index (χ0) is 14.5. The van der Waals surface area contributed by atoms with Gasteiger partial charge in [0.15, 0.2) is 0 Å². The lowest BCUT2D eigenvalue weighted by Crippen LogP contribution is -2.37. The molecule has 0 saturated heterocycles. The summed E-state index contributed by atoms with van der Waals surface area (Å²) in [5, 5.41) is 6.10. The van der Waals surface area contributed by atoms with E-state index in [1.54, 1.807) is 0 Å². The van der Waals surface area contributed by atoms with Crippen LogP contribution in [0.3, 0.4) is 0 Å². The molecule has 0 radical (unpaired) electrons. The van der Waals surface area contributed by atoms with Gasteiger partial charge in [0.2, 0.25) is 0 Å². The minimum atomic E-state index is -0.0342. The number of nitrogens with one attached hydrogen (secondary N) is 2. The number of amides is 2. The molecule has 1 atom stereocenters. The van der Waals surface area contributed by atoms with Gasteiger partial charge in [-0.3, -0.25) is 0 Å². The number of carbonyl (C=O) groups is 1. The first kappa shape index (κ1) is 14.2. The van der Waals surface area contributed by atoms with Crippen LogP contribution in [0.4, 0.5) is 4.79 Å². The number of carbonyl (C=O) groups excluding carboxylic acids is 1. The molecule has 0 fully saturated rings. The van der Waals surface area contributed by atoms with Gasteiger partial charge in [-0.2, -0.15) is 0 Å². The number of allylic oxidation sites excluding steroid dienone is 1. The minimum absolute atomic E-state index is 0.0342. The van der Waals surface area contributed by atoms with E-state index in [0.717, 1.165) is 25.8 Å². The number of urea groups is 1. The molecule has 112 valence electrons. The van der Waals surface area contributed by atoms with Gasteiger partial charge in [0, 0.05) is 6.54 Å². The highest BCUT2D eigenvalue weighted by atomic mass is 16.2. The van der Waals surface area contributed by atoms with Crippen molar-refractivity contribution in [2.24, 2.45) is 0 Å². The topological polar surface area (TPSA) is 41.1 Å². The van der Waals surface area contributed by atoms with Crippen molar-refractivity contribution in [3.8, 4) is 0 Å². The second-order valence-electron chi connectivity index (χ2n) is 6.05. The van der Waals surface area contributed by atoms with Crippen LogP contribution >= 0.6 is 0 Å². The van der Waals surface area contributed by atoms with Gasteiger partial charge in [0.25, 0.3) is 0 Å². The van der Waals surface area contributed by atoms with Crippen LogP contribution in [-0.2, 0) is 6.42 Å². The molecule has 3 nitrogen and oxygen atoms in total. The number of fused-ring (bicyclic) bond motifs is 1. The quantitative estimate of drug-likeness (QED) is 0.810. The molecule has 0 aliphatic heterocycles. The van der Waals surface area contributed by atoms with Crippen molar-refractivity contribution in [2.45, 2.75) is 51.0 Å². The Balaban J connectivity index is 1.44. The third-order valence-corrected chi connectivity index (χ3v) is 4.55. The third kappa shape index (κ3) is 3.66. The van der Waals surface area contributed by atoms with E-state index in [1.807, 2.05) is 6.07 Å². The normalized spacial score (nSPS) is 20.6. The molecule has 0 heterocycles. The molecule has 2 aliphatic rings. The first-order chi connectivity index (χ1) is 10.3. The zero-order valence-electron chi connectivity index (χ0n) is 12.5. The predicted octanol–water partition coefficient (Wildman–Crippen LogP) is 3.86. The van der Waals surface area contributed by atoms with Crippen molar-refractivity contribution in [1.29, 1.82) is 0 Å². The standard InChI is InChI=1S/C18H24N2O/c21-18(19-13-12-14-6-2-1-3-7-14)20-17-11-10-15-8-4-5-9-16(15)17/h4-6,8-9,17H,1-3,7,10-13H2,(H2,19,20,21). The molecular weight excluding hydrogens is 260 g/mol. The zero-order valence-corrected chi connectivity index (χ0v) is 12.5. The van der Waals surface area contributed by atoms with Crippen molar-refractivity contribution in [1.82, 2.24) is 10.6 Å². The van der Waals surface area contributed by atoms with E-state index in [4.69, 9.17) is 0 Å². The van der Waals surface area contributed by atoms with Crippen LogP contribution < -0.4 is 10.6 Å². The van der Waals surface area contributed by atoms with Gasteiger partial charge in [-0.15, -0.1) is 0 Å². The molecular formula is C18H24N2O. The molecule has 1 aromatic rings. The SMILES string of the molecule is O=C(NCCC1=CCCCC1)NC1CCc2ccccc21. The maximum atomic E-state index is 12.0. The van der Waals surface area contributed by atoms with Gasteiger partial charge in [-0.1, -0.05) is 35.9 Å². The third-order valence-electron chi connectivity index (χ3n) is 4.55. The van der Waals surface area contributed by atoms with Gasteiger partial charge in [0.1, 0.15) is 0 Å². The van der Waals surface area contributed by atoms with E-state index in [1.165, 1.54) is 42.4 Å². The lowest BCUT2D eigenvalue weighted by atomic mass is 9.97. The Morgan fingerprint density at radius 1 is 1.19 bits per heavy atom. The van der Waals surface area contributed by atoms with Gasteiger partial charge in [-0.05, 0) is 56.1 Å². The molecule has 2 N–H and O–H groups in total. The fourth-order valence-electron chi connectivity index (χ4n) is 3.38. The number of aryl methyl sites for hydroxylation is 1. The molecule has 0 aromatic heterocycles. The van der Waals surface area contributed by atoms with E-state index < -0.39 is 0 Å². The summed E-state index contributed by atoms with van der Waals surface area (Å²) < 4.78 is 0. The van der Waals surface area contributed by atoms with Gasteiger partial charge < -0.3 is 10.6 Å². The van der Waals surface area contributed by atoms with Crippen molar-refractivity contribution in [3.63, 3.8) is 0 Å². The summed E-state index contributed by atoms with van der Waals surface area (Å²) in [4.78, 5) is 12.0. The Labute approximate surface area is 126 Å². The largest absolute Gasteiger partial charge is 0.338 e. The number of rotatable bonds is 4. The van der Waals surface area contributed by atoms with Crippen molar-refractivity contribution in [3.05, 3.63) is 47.0 Å². The summed E-state index contributed by atoms with van der Waals surface area (Å²) in [6.45, 7) is 0.742. The highest BCUT2D eigenvalue weighted by Gasteiger charge is 2.23. The lowest BCUT2D eigenvalue weighted by molar-refractivity contribution is 0.237. The fourth-order valence-corrected chi connectivity index (χ4v) is 3.38. The molecule has 2 aliphatic carbocycles.